The maximum absolute atomic E-state index is 11.8. The van der Waals surface area contributed by atoms with Gasteiger partial charge >= 0.3 is 5.97 Å². The smallest absolute Gasteiger partial charge is 0.326 e. The average Bonchev–Trinajstić information content (AvgIpc) is 2.84. The van der Waals surface area contributed by atoms with E-state index in [1.54, 1.807) is 6.07 Å². The highest BCUT2D eigenvalue weighted by molar-refractivity contribution is 7.91. The van der Waals surface area contributed by atoms with Gasteiger partial charge in [0.2, 0.25) is 0 Å². The van der Waals surface area contributed by atoms with Crippen LogP contribution in [0.5, 0.6) is 0 Å². The van der Waals surface area contributed by atoms with Crippen LogP contribution in [0.4, 0.5) is 0 Å². The molecule has 1 aromatic heterocycles. The molecule has 0 aliphatic heterocycles. The van der Waals surface area contributed by atoms with E-state index in [1.807, 2.05) is 4.72 Å². The van der Waals surface area contributed by atoms with Gasteiger partial charge in [0.1, 0.15) is 21.2 Å². The van der Waals surface area contributed by atoms with Gasteiger partial charge in [0.15, 0.2) is 0 Å². The van der Waals surface area contributed by atoms with Crippen LogP contribution >= 0.6 is 11.3 Å². The van der Waals surface area contributed by atoms with Crippen LogP contribution in [0.1, 0.15) is 4.88 Å². The summed E-state index contributed by atoms with van der Waals surface area (Å²) in [7, 11) is -2.88. The van der Waals surface area contributed by atoms with E-state index in [-0.39, 0.29) is 9.09 Å². The summed E-state index contributed by atoms with van der Waals surface area (Å²) in [5.74, 6) is -0.891. The van der Waals surface area contributed by atoms with E-state index in [0.29, 0.717) is 0 Å². The van der Waals surface area contributed by atoms with Gasteiger partial charge in [0.05, 0.1) is 13.7 Å². The molecule has 1 atom stereocenters. The minimum Gasteiger partial charge on any atom is -0.468 e. The molecule has 1 heterocycles. The fourth-order valence-electron chi connectivity index (χ4n) is 1.07. The Labute approximate surface area is 108 Å². The molecule has 0 radical (unpaired) electrons. The average molecular weight is 290 g/mol. The summed E-state index contributed by atoms with van der Waals surface area (Å²) < 4.78 is 29.9. The molecule has 0 amide bonds. The number of rotatable bonds is 5. The van der Waals surface area contributed by atoms with Crippen molar-refractivity contribution < 1.29 is 23.1 Å². The van der Waals surface area contributed by atoms with Crippen molar-refractivity contribution in [3.8, 4) is 6.07 Å². The SMILES string of the molecule is COC(=O)C(CO)NS(=O)(=O)c1ccc(C#N)s1. The van der Waals surface area contributed by atoms with E-state index in [2.05, 4.69) is 4.74 Å². The topological polar surface area (TPSA) is 116 Å². The number of methoxy groups -OCH3 is 1. The fourth-order valence-corrected chi connectivity index (χ4v) is 3.37. The van der Waals surface area contributed by atoms with Crippen LogP contribution in [0.3, 0.4) is 0 Å². The Balaban J connectivity index is 2.94. The van der Waals surface area contributed by atoms with Crippen molar-refractivity contribution in [2.75, 3.05) is 13.7 Å². The molecule has 98 valence electrons. The largest absolute Gasteiger partial charge is 0.468 e. The summed E-state index contributed by atoms with van der Waals surface area (Å²) in [4.78, 5) is 11.4. The Morgan fingerprint density at radius 3 is 2.78 bits per heavy atom. The third-order valence-corrected chi connectivity index (χ3v) is 4.88. The van der Waals surface area contributed by atoms with Crippen LogP contribution in [0.25, 0.3) is 0 Å². The van der Waals surface area contributed by atoms with E-state index in [9.17, 15) is 13.2 Å². The van der Waals surface area contributed by atoms with E-state index in [1.165, 1.54) is 12.1 Å². The van der Waals surface area contributed by atoms with Gasteiger partial charge in [-0.2, -0.15) is 9.98 Å². The number of thiophene rings is 1. The molecule has 0 saturated heterocycles. The Morgan fingerprint density at radius 1 is 1.67 bits per heavy atom. The van der Waals surface area contributed by atoms with Crippen molar-refractivity contribution in [2.45, 2.75) is 10.3 Å². The zero-order chi connectivity index (χ0) is 13.8. The second-order valence-corrected chi connectivity index (χ2v) is 6.13. The summed E-state index contributed by atoms with van der Waals surface area (Å²) >= 11 is 0.766. The van der Waals surface area contributed by atoms with Crippen molar-refractivity contribution >= 4 is 27.3 Å². The predicted octanol–water partition coefficient (Wildman–Crippen LogP) is -0.568. The number of hydrogen-bond acceptors (Lipinski definition) is 7. The monoisotopic (exact) mass is 290 g/mol. The molecule has 0 spiro atoms. The molecule has 0 aliphatic carbocycles. The molecule has 0 fully saturated rings. The Bertz CT molecular complexity index is 572. The van der Waals surface area contributed by atoms with Crippen LogP contribution in [0, 0.1) is 11.3 Å². The molecule has 0 aliphatic rings. The van der Waals surface area contributed by atoms with Crippen LogP contribution in [0.15, 0.2) is 16.3 Å². The molecule has 1 unspecified atom stereocenters. The Morgan fingerprint density at radius 2 is 2.33 bits per heavy atom. The number of carbonyl (C=O) groups is 1. The van der Waals surface area contributed by atoms with E-state index < -0.39 is 28.6 Å². The van der Waals surface area contributed by atoms with Gasteiger partial charge in [-0.25, -0.2) is 8.42 Å². The highest BCUT2D eigenvalue weighted by atomic mass is 32.2. The maximum atomic E-state index is 11.8. The lowest BCUT2D eigenvalue weighted by Crippen LogP contribution is -2.43. The van der Waals surface area contributed by atoms with Crippen LogP contribution in [-0.4, -0.2) is 39.3 Å². The molecule has 0 bridgehead atoms. The first-order chi connectivity index (χ1) is 8.44. The number of esters is 1. The molecule has 2 N–H and O–H groups in total. The number of aliphatic hydroxyl groups excluding tert-OH is 1. The number of sulfonamides is 1. The number of nitriles is 1. The van der Waals surface area contributed by atoms with Gasteiger partial charge in [0.25, 0.3) is 10.0 Å². The number of aliphatic hydroxyl groups is 1. The molecule has 0 aromatic carbocycles. The lowest BCUT2D eigenvalue weighted by Gasteiger charge is -2.12. The summed E-state index contributed by atoms with van der Waals surface area (Å²) in [5, 5.41) is 17.5. The third-order valence-electron chi connectivity index (χ3n) is 1.92. The molecule has 0 saturated carbocycles. The zero-order valence-corrected chi connectivity index (χ0v) is 10.9. The van der Waals surface area contributed by atoms with Gasteiger partial charge in [0, 0.05) is 0 Å². The van der Waals surface area contributed by atoms with Crippen molar-refractivity contribution in [3.63, 3.8) is 0 Å². The zero-order valence-electron chi connectivity index (χ0n) is 9.28. The van der Waals surface area contributed by atoms with Gasteiger partial charge in [-0.05, 0) is 12.1 Å². The predicted molar refractivity (Wildman–Crippen MR) is 62.2 cm³/mol. The minimum atomic E-state index is -3.96. The molecule has 7 nitrogen and oxygen atoms in total. The lowest BCUT2D eigenvalue weighted by molar-refractivity contribution is -0.143. The second-order valence-electron chi connectivity index (χ2n) is 3.11. The number of ether oxygens (including phenoxy) is 1. The normalized spacial score (nSPS) is 12.7. The summed E-state index contributed by atoms with van der Waals surface area (Å²) in [6.07, 6.45) is 0. The number of carbonyl (C=O) groups excluding carboxylic acids is 1. The number of nitrogens with zero attached hydrogens (tertiary/aromatic N) is 1. The van der Waals surface area contributed by atoms with Crippen molar-refractivity contribution in [1.29, 1.82) is 5.26 Å². The van der Waals surface area contributed by atoms with Crippen LogP contribution in [-0.2, 0) is 19.6 Å². The molecule has 1 aromatic rings. The first-order valence-corrected chi connectivity index (χ1v) is 6.95. The number of nitrogens with one attached hydrogen (secondary N) is 1. The quantitative estimate of drug-likeness (QED) is 0.702. The highest BCUT2D eigenvalue weighted by Gasteiger charge is 2.26. The van der Waals surface area contributed by atoms with Gasteiger partial charge < -0.3 is 9.84 Å². The van der Waals surface area contributed by atoms with E-state index in [4.69, 9.17) is 10.4 Å². The van der Waals surface area contributed by atoms with E-state index >= 15 is 0 Å². The number of hydrogen-bond donors (Lipinski definition) is 2. The van der Waals surface area contributed by atoms with Crippen LogP contribution < -0.4 is 4.72 Å². The fraction of sp³-hybridized carbons (Fsp3) is 0.333. The first-order valence-electron chi connectivity index (χ1n) is 4.65. The molecule has 18 heavy (non-hydrogen) atoms. The van der Waals surface area contributed by atoms with Crippen molar-refractivity contribution in [2.24, 2.45) is 0 Å². The van der Waals surface area contributed by atoms with Gasteiger partial charge in [-0.3, -0.25) is 4.79 Å². The second kappa shape index (κ2) is 5.92. The van der Waals surface area contributed by atoms with Crippen molar-refractivity contribution in [3.05, 3.63) is 17.0 Å². The molecular formula is C9H10N2O5S2. The summed E-state index contributed by atoms with van der Waals surface area (Å²) in [5.41, 5.74) is 0. The van der Waals surface area contributed by atoms with Gasteiger partial charge in [-0.15, -0.1) is 11.3 Å². The molecule has 9 heteroatoms. The highest BCUT2D eigenvalue weighted by Crippen LogP contribution is 2.20. The first kappa shape index (κ1) is 14.6. The van der Waals surface area contributed by atoms with Crippen molar-refractivity contribution in [1.82, 2.24) is 4.72 Å². The summed E-state index contributed by atoms with van der Waals surface area (Å²) in [6.45, 7) is -0.720. The van der Waals surface area contributed by atoms with Gasteiger partial charge in [-0.1, -0.05) is 0 Å². The Hall–Kier alpha value is -1.47. The Kier molecular flexibility index (Phi) is 4.80. The molecule has 1 rings (SSSR count). The summed E-state index contributed by atoms with van der Waals surface area (Å²) in [6, 6.07) is 3.04. The third kappa shape index (κ3) is 3.27. The minimum absolute atomic E-state index is 0.110. The maximum Gasteiger partial charge on any atom is 0.326 e. The lowest BCUT2D eigenvalue weighted by atomic mass is 10.3. The molecular weight excluding hydrogens is 280 g/mol. The standard InChI is InChI=1S/C9H10N2O5S2/c1-16-9(13)7(5-12)11-18(14,15)8-3-2-6(4-10)17-8/h2-3,7,11-12H,5H2,1H3. The van der Waals surface area contributed by atoms with E-state index in [0.717, 1.165) is 18.4 Å². The van der Waals surface area contributed by atoms with Crippen LogP contribution in [0.2, 0.25) is 0 Å².